The molecular formula is C14H19NO5. The first-order valence-corrected chi connectivity index (χ1v) is 6.27. The molecule has 2 N–H and O–H groups in total. The summed E-state index contributed by atoms with van der Waals surface area (Å²) in [5.74, 6) is -0.703. The van der Waals surface area contributed by atoms with Crippen LogP contribution in [0.15, 0.2) is 24.3 Å². The number of carbonyl (C=O) groups is 2. The maximum absolute atomic E-state index is 11.9. The number of rotatable bonds is 8. The zero-order valence-corrected chi connectivity index (χ0v) is 11.6. The molecule has 0 aliphatic heterocycles. The van der Waals surface area contributed by atoms with E-state index in [-0.39, 0.29) is 12.3 Å². The topological polar surface area (TPSA) is 84.9 Å². The van der Waals surface area contributed by atoms with Gasteiger partial charge in [-0.05, 0) is 25.1 Å². The Morgan fingerprint density at radius 1 is 1.35 bits per heavy atom. The zero-order valence-electron chi connectivity index (χ0n) is 11.6. The van der Waals surface area contributed by atoms with Crippen molar-refractivity contribution in [3.05, 3.63) is 29.8 Å². The van der Waals surface area contributed by atoms with Gasteiger partial charge in [-0.25, -0.2) is 0 Å². The summed E-state index contributed by atoms with van der Waals surface area (Å²) in [6.07, 6.45) is -0.115. The number of methoxy groups -OCH3 is 1. The van der Waals surface area contributed by atoms with Crippen molar-refractivity contribution in [2.24, 2.45) is 0 Å². The molecule has 0 bridgehead atoms. The van der Waals surface area contributed by atoms with Gasteiger partial charge >= 0.3 is 5.97 Å². The van der Waals surface area contributed by atoms with Gasteiger partial charge in [0.15, 0.2) is 0 Å². The van der Waals surface area contributed by atoms with E-state index >= 15 is 0 Å². The maximum atomic E-state index is 11.9. The molecule has 1 amide bonds. The molecule has 1 unspecified atom stereocenters. The van der Waals surface area contributed by atoms with Gasteiger partial charge in [0, 0.05) is 18.7 Å². The van der Waals surface area contributed by atoms with Crippen LogP contribution in [0.5, 0.6) is 5.75 Å². The summed E-state index contributed by atoms with van der Waals surface area (Å²) >= 11 is 0. The van der Waals surface area contributed by atoms with Gasteiger partial charge in [-0.2, -0.15) is 0 Å². The van der Waals surface area contributed by atoms with Crippen molar-refractivity contribution in [1.29, 1.82) is 0 Å². The molecule has 1 aromatic rings. The second-order valence-corrected chi connectivity index (χ2v) is 4.34. The fourth-order valence-corrected chi connectivity index (χ4v) is 1.59. The van der Waals surface area contributed by atoms with E-state index in [0.717, 1.165) is 0 Å². The third kappa shape index (κ3) is 5.71. The molecule has 1 aromatic carbocycles. The Bertz CT molecular complexity index is 461. The van der Waals surface area contributed by atoms with Gasteiger partial charge < -0.3 is 19.9 Å². The van der Waals surface area contributed by atoms with Crippen molar-refractivity contribution in [2.75, 3.05) is 20.3 Å². The van der Waals surface area contributed by atoms with Crippen molar-refractivity contribution in [1.82, 2.24) is 5.32 Å². The van der Waals surface area contributed by atoms with Gasteiger partial charge in [0.1, 0.15) is 12.4 Å². The number of aliphatic carboxylic acids is 1. The van der Waals surface area contributed by atoms with Crippen LogP contribution >= 0.6 is 0 Å². The highest BCUT2D eigenvalue weighted by Gasteiger charge is 2.13. The van der Waals surface area contributed by atoms with E-state index in [1.54, 1.807) is 38.3 Å². The average Bonchev–Trinajstić information content (AvgIpc) is 2.38. The van der Waals surface area contributed by atoms with E-state index in [1.807, 2.05) is 0 Å². The Balaban J connectivity index is 2.59. The molecule has 6 nitrogen and oxygen atoms in total. The van der Waals surface area contributed by atoms with E-state index in [2.05, 4.69) is 5.32 Å². The standard InChI is InChI=1S/C14H19NO5/c1-10(8-13(16)17)15-14(18)11-4-3-5-12(9-11)20-7-6-19-2/h3-5,9-10H,6-8H2,1-2H3,(H,15,18)(H,16,17). The highest BCUT2D eigenvalue weighted by molar-refractivity contribution is 5.94. The second-order valence-electron chi connectivity index (χ2n) is 4.34. The molecule has 110 valence electrons. The quantitative estimate of drug-likeness (QED) is 0.702. The lowest BCUT2D eigenvalue weighted by Crippen LogP contribution is -2.34. The molecule has 20 heavy (non-hydrogen) atoms. The number of hydrogen-bond donors (Lipinski definition) is 2. The summed E-state index contributed by atoms with van der Waals surface area (Å²) in [6, 6.07) is 6.27. The number of nitrogens with one attached hydrogen (secondary N) is 1. The normalized spacial score (nSPS) is 11.7. The molecule has 0 heterocycles. The van der Waals surface area contributed by atoms with Crippen LogP contribution < -0.4 is 10.1 Å². The van der Waals surface area contributed by atoms with Crippen LogP contribution in [0.2, 0.25) is 0 Å². The fourth-order valence-electron chi connectivity index (χ4n) is 1.59. The lowest BCUT2D eigenvalue weighted by molar-refractivity contribution is -0.137. The number of hydrogen-bond acceptors (Lipinski definition) is 4. The van der Waals surface area contributed by atoms with Crippen LogP contribution in [-0.2, 0) is 9.53 Å². The molecule has 1 rings (SSSR count). The molecule has 0 saturated heterocycles. The molecule has 0 aliphatic rings. The predicted molar refractivity (Wildman–Crippen MR) is 73.0 cm³/mol. The van der Waals surface area contributed by atoms with E-state index in [9.17, 15) is 9.59 Å². The van der Waals surface area contributed by atoms with Crippen LogP contribution in [-0.4, -0.2) is 43.3 Å². The summed E-state index contributed by atoms with van der Waals surface area (Å²) in [6.45, 7) is 2.51. The molecule has 0 saturated carbocycles. The van der Waals surface area contributed by atoms with Crippen molar-refractivity contribution < 1.29 is 24.2 Å². The van der Waals surface area contributed by atoms with E-state index in [1.165, 1.54) is 0 Å². The van der Waals surface area contributed by atoms with E-state index in [4.69, 9.17) is 14.6 Å². The van der Waals surface area contributed by atoms with Gasteiger partial charge in [-0.1, -0.05) is 6.07 Å². The number of carboxylic acids is 1. The fraction of sp³-hybridized carbons (Fsp3) is 0.429. The molecule has 0 spiro atoms. The second kappa shape index (κ2) is 8.16. The highest BCUT2D eigenvalue weighted by atomic mass is 16.5. The third-order valence-corrected chi connectivity index (χ3v) is 2.51. The highest BCUT2D eigenvalue weighted by Crippen LogP contribution is 2.13. The van der Waals surface area contributed by atoms with Gasteiger partial charge in [-0.15, -0.1) is 0 Å². The maximum Gasteiger partial charge on any atom is 0.305 e. The Hall–Kier alpha value is -2.08. The van der Waals surface area contributed by atoms with Crippen LogP contribution in [0.1, 0.15) is 23.7 Å². The first-order valence-electron chi connectivity index (χ1n) is 6.27. The van der Waals surface area contributed by atoms with Crippen molar-refractivity contribution in [3.8, 4) is 5.75 Å². The monoisotopic (exact) mass is 281 g/mol. The van der Waals surface area contributed by atoms with Gasteiger partial charge in [-0.3, -0.25) is 9.59 Å². The number of carbonyl (C=O) groups excluding carboxylic acids is 1. The van der Waals surface area contributed by atoms with E-state index < -0.39 is 12.0 Å². The molecule has 0 radical (unpaired) electrons. The van der Waals surface area contributed by atoms with Crippen LogP contribution in [0, 0.1) is 0 Å². The summed E-state index contributed by atoms with van der Waals surface area (Å²) in [4.78, 5) is 22.5. The Morgan fingerprint density at radius 2 is 2.10 bits per heavy atom. The third-order valence-electron chi connectivity index (χ3n) is 2.51. The summed E-state index contributed by atoms with van der Waals surface area (Å²) in [5, 5.41) is 11.3. The first kappa shape index (κ1) is 16.0. The molecule has 0 aromatic heterocycles. The summed E-state index contributed by atoms with van der Waals surface area (Å²) in [7, 11) is 1.58. The van der Waals surface area contributed by atoms with Gasteiger partial charge in [0.05, 0.1) is 13.0 Å². The SMILES string of the molecule is COCCOc1cccc(C(=O)NC(C)CC(=O)O)c1. The number of amides is 1. The minimum Gasteiger partial charge on any atom is -0.491 e. The Morgan fingerprint density at radius 3 is 2.75 bits per heavy atom. The van der Waals surface area contributed by atoms with Gasteiger partial charge in [0.25, 0.3) is 5.91 Å². The Labute approximate surface area is 117 Å². The minimum atomic E-state index is -0.950. The molecule has 6 heteroatoms. The van der Waals surface area contributed by atoms with Crippen LogP contribution in [0.4, 0.5) is 0 Å². The number of ether oxygens (including phenoxy) is 2. The lowest BCUT2D eigenvalue weighted by Gasteiger charge is -2.12. The largest absolute Gasteiger partial charge is 0.491 e. The number of benzene rings is 1. The first-order chi connectivity index (χ1) is 9.52. The predicted octanol–water partition coefficient (Wildman–Crippen LogP) is 1.30. The minimum absolute atomic E-state index is 0.115. The summed E-state index contributed by atoms with van der Waals surface area (Å²) in [5.41, 5.74) is 0.428. The molecule has 0 aliphatic carbocycles. The van der Waals surface area contributed by atoms with Crippen LogP contribution in [0.3, 0.4) is 0 Å². The smallest absolute Gasteiger partial charge is 0.305 e. The van der Waals surface area contributed by atoms with E-state index in [0.29, 0.717) is 24.5 Å². The zero-order chi connectivity index (χ0) is 15.0. The van der Waals surface area contributed by atoms with Crippen LogP contribution in [0.25, 0.3) is 0 Å². The van der Waals surface area contributed by atoms with Crippen molar-refractivity contribution in [3.63, 3.8) is 0 Å². The summed E-state index contributed by atoms with van der Waals surface area (Å²) < 4.78 is 10.3. The Kier molecular flexibility index (Phi) is 6.52. The van der Waals surface area contributed by atoms with Crippen molar-refractivity contribution in [2.45, 2.75) is 19.4 Å². The molecule has 1 atom stereocenters. The van der Waals surface area contributed by atoms with Crippen molar-refractivity contribution >= 4 is 11.9 Å². The van der Waals surface area contributed by atoms with Gasteiger partial charge in [0.2, 0.25) is 0 Å². The molecule has 0 fully saturated rings. The number of carboxylic acid groups (broad SMARTS) is 1. The molecular weight excluding hydrogens is 262 g/mol. The average molecular weight is 281 g/mol. The lowest BCUT2D eigenvalue weighted by atomic mass is 10.1.